The van der Waals surface area contributed by atoms with E-state index < -0.39 is 5.97 Å². The van der Waals surface area contributed by atoms with Crippen molar-refractivity contribution in [1.82, 2.24) is 9.78 Å². The summed E-state index contributed by atoms with van der Waals surface area (Å²) in [5.41, 5.74) is 1.83. The summed E-state index contributed by atoms with van der Waals surface area (Å²) in [6.07, 6.45) is 1.46. The SMILES string of the molecule is COc1cccc(-c2nn(-c3ccccc3)cc2C(=O)[O-])c1. The van der Waals surface area contributed by atoms with Gasteiger partial charge in [-0.1, -0.05) is 30.3 Å². The molecule has 3 rings (SSSR count). The molecule has 0 unspecified atom stereocenters. The Labute approximate surface area is 127 Å². The molecule has 0 saturated carbocycles. The first kappa shape index (κ1) is 13.9. The average molecular weight is 293 g/mol. The number of carbonyl (C=O) groups excluding carboxylic acids is 1. The molecule has 0 atom stereocenters. The second kappa shape index (κ2) is 5.73. The maximum absolute atomic E-state index is 11.4. The third-order valence-electron chi connectivity index (χ3n) is 3.30. The molecule has 0 bridgehead atoms. The summed E-state index contributed by atoms with van der Waals surface area (Å²) in [5, 5.41) is 15.8. The van der Waals surface area contributed by atoms with Gasteiger partial charge in [0.15, 0.2) is 0 Å². The largest absolute Gasteiger partial charge is 0.545 e. The van der Waals surface area contributed by atoms with Gasteiger partial charge in [0.05, 0.1) is 18.8 Å². The number of hydrogen-bond donors (Lipinski definition) is 0. The van der Waals surface area contributed by atoms with Crippen LogP contribution in [0.2, 0.25) is 0 Å². The van der Waals surface area contributed by atoms with Crippen LogP contribution in [0.15, 0.2) is 60.8 Å². The van der Waals surface area contributed by atoms with Gasteiger partial charge in [-0.15, -0.1) is 0 Å². The highest BCUT2D eigenvalue weighted by Gasteiger charge is 2.13. The van der Waals surface area contributed by atoms with Gasteiger partial charge in [0.2, 0.25) is 0 Å². The summed E-state index contributed by atoms with van der Waals surface area (Å²) in [4.78, 5) is 11.4. The van der Waals surface area contributed by atoms with Crippen LogP contribution in [0.1, 0.15) is 10.4 Å². The Morgan fingerprint density at radius 3 is 2.59 bits per heavy atom. The molecular weight excluding hydrogens is 280 g/mol. The van der Waals surface area contributed by atoms with Crippen molar-refractivity contribution in [2.75, 3.05) is 7.11 Å². The highest BCUT2D eigenvalue weighted by molar-refractivity contribution is 5.93. The van der Waals surface area contributed by atoms with E-state index in [2.05, 4.69) is 5.10 Å². The van der Waals surface area contributed by atoms with Crippen LogP contribution in [-0.2, 0) is 0 Å². The Hall–Kier alpha value is -3.08. The third kappa shape index (κ3) is 2.56. The number of para-hydroxylation sites is 1. The van der Waals surface area contributed by atoms with Gasteiger partial charge in [-0.2, -0.15) is 5.10 Å². The predicted molar refractivity (Wildman–Crippen MR) is 79.9 cm³/mol. The molecule has 3 aromatic rings. The number of nitrogens with zero attached hydrogens (tertiary/aromatic N) is 2. The fourth-order valence-electron chi connectivity index (χ4n) is 2.22. The van der Waals surface area contributed by atoms with Gasteiger partial charge in [-0.3, -0.25) is 0 Å². The molecule has 0 spiro atoms. The number of hydrogen-bond acceptors (Lipinski definition) is 4. The predicted octanol–water partition coefficient (Wildman–Crippen LogP) is 1.91. The summed E-state index contributed by atoms with van der Waals surface area (Å²) in [5.74, 6) is -0.629. The molecule has 0 aliphatic rings. The summed E-state index contributed by atoms with van der Waals surface area (Å²) in [7, 11) is 1.56. The van der Waals surface area contributed by atoms with Crippen molar-refractivity contribution in [2.45, 2.75) is 0 Å². The highest BCUT2D eigenvalue weighted by atomic mass is 16.5. The Kier molecular flexibility index (Phi) is 3.62. The Morgan fingerprint density at radius 2 is 1.91 bits per heavy atom. The molecule has 5 nitrogen and oxygen atoms in total. The fourth-order valence-corrected chi connectivity index (χ4v) is 2.22. The lowest BCUT2D eigenvalue weighted by atomic mass is 10.1. The van der Waals surface area contributed by atoms with E-state index in [0.29, 0.717) is 17.0 Å². The van der Waals surface area contributed by atoms with Crippen LogP contribution < -0.4 is 9.84 Å². The Bertz CT molecular complexity index is 810. The first-order chi connectivity index (χ1) is 10.7. The molecule has 0 N–H and O–H groups in total. The molecule has 1 heterocycles. The van der Waals surface area contributed by atoms with E-state index in [0.717, 1.165) is 5.69 Å². The van der Waals surface area contributed by atoms with Crippen molar-refractivity contribution >= 4 is 5.97 Å². The zero-order valence-electron chi connectivity index (χ0n) is 11.9. The second-order valence-corrected chi connectivity index (χ2v) is 4.69. The van der Waals surface area contributed by atoms with Crippen molar-refractivity contribution in [1.29, 1.82) is 0 Å². The number of benzene rings is 2. The van der Waals surface area contributed by atoms with E-state index >= 15 is 0 Å². The van der Waals surface area contributed by atoms with Gasteiger partial charge < -0.3 is 14.6 Å². The van der Waals surface area contributed by atoms with Crippen LogP contribution in [0.5, 0.6) is 5.75 Å². The summed E-state index contributed by atoms with van der Waals surface area (Å²) < 4.78 is 6.70. The number of carboxylic acids is 1. The van der Waals surface area contributed by atoms with Gasteiger partial charge in [0.1, 0.15) is 11.4 Å². The molecule has 2 aromatic carbocycles. The second-order valence-electron chi connectivity index (χ2n) is 4.69. The summed E-state index contributed by atoms with van der Waals surface area (Å²) in [6.45, 7) is 0. The lowest BCUT2D eigenvalue weighted by Gasteiger charge is -2.05. The lowest BCUT2D eigenvalue weighted by molar-refractivity contribution is -0.254. The van der Waals surface area contributed by atoms with Crippen LogP contribution in [0.3, 0.4) is 0 Å². The van der Waals surface area contributed by atoms with Crippen LogP contribution in [0.25, 0.3) is 16.9 Å². The zero-order valence-corrected chi connectivity index (χ0v) is 11.9. The number of carbonyl (C=O) groups is 1. The molecule has 22 heavy (non-hydrogen) atoms. The molecular formula is C17H13N2O3-. The van der Waals surface area contributed by atoms with Crippen LogP contribution in [0.4, 0.5) is 0 Å². The smallest absolute Gasteiger partial charge is 0.119 e. The molecule has 0 saturated heterocycles. The summed E-state index contributed by atoms with van der Waals surface area (Å²) >= 11 is 0. The molecule has 0 aliphatic carbocycles. The van der Waals surface area contributed by atoms with E-state index in [4.69, 9.17) is 4.74 Å². The average Bonchev–Trinajstić information content (AvgIpc) is 3.01. The quantitative estimate of drug-likeness (QED) is 0.737. The molecule has 0 aliphatic heterocycles. The minimum absolute atomic E-state index is 0.0390. The zero-order chi connectivity index (χ0) is 15.5. The maximum Gasteiger partial charge on any atom is 0.119 e. The van der Waals surface area contributed by atoms with Crippen LogP contribution >= 0.6 is 0 Å². The van der Waals surface area contributed by atoms with Crippen LogP contribution in [-0.4, -0.2) is 22.9 Å². The minimum atomic E-state index is -1.26. The normalized spacial score (nSPS) is 10.4. The lowest BCUT2D eigenvalue weighted by Crippen LogP contribution is -2.22. The van der Waals surface area contributed by atoms with Crippen molar-refractivity contribution in [3.05, 3.63) is 66.4 Å². The van der Waals surface area contributed by atoms with Gasteiger partial charge >= 0.3 is 0 Å². The molecule has 0 radical (unpaired) electrons. The highest BCUT2D eigenvalue weighted by Crippen LogP contribution is 2.26. The molecule has 0 fully saturated rings. The topological polar surface area (TPSA) is 67.2 Å². The minimum Gasteiger partial charge on any atom is -0.545 e. The molecule has 5 heteroatoms. The standard InChI is InChI=1S/C17H14N2O3/c1-22-14-9-5-6-12(10-14)16-15(17(20)21)11-19(18-16)13-7-3-2-4-8-13/h2-11H,1H3,(H,20,21)/p-1. The Balaban J connectivity index is 2.14. The van der Waals surface area contributed by atoms with Crippen LogP contribution in [0, 0.1) is 0 Å². The fraction of sp³-hybridized carbons (Fsp3) is 0.0588. The molecule has 1 aromatic heterocycles. The maximum atomic E-state index is 11.4. The van der Waals surface area contributed by atoms with Gasteiger partial charge in [0, 0.05) is 17.3 Å². The molecule has 110 valence electrons. The first-order valence-corrected chi connectivity index (χ1v) is 6.70. The third-order valence-corrected chi connectivity index (χ3v) is 3.30. The van der Waals surface area contributed by atoms with Gasteiger partial charge in [0.25, 0.3) is 0 Å². The van der Waals surface area contributed by atoms with E-state index in [-0.39, 0.29) is 5.56 Å². The van der Waals surface area contributed by atoms with E-state index in [9.17, 15) is 9.90 Å². The number of aromatic nitrogens is 2. The van der Waals surface area contributed by atoms with E-state index in [1.165, 1.54) is 10.9 Å². The molecule has 0 amide bonds. The Morgan fingerprint density at radius 1 is 1.14 bits per heavy atom. The first-order valence-electron chi connectivity index (χ1n) is 6.70. The number of carboxylic acid groups (broad SMARTS) is 1. The van der Waals surface area contributed by atoms with Crippen molar-refractivity contribution in [2.24, 2.45) is 0 Å². The van der Waals surface area contributed by atoms with Crippen molar-refractivity contribution < 1.29 is 14.6 Å². The van der Waals surface area contributed by atoms with Crippen molar-refractivity contribution in [3.63, 3.8) is 0 Å². The van der Waals surface area contributed by atoms with E-state index in [1.807, 2.05) is 30.3 Å². The number of aromatic carboxylic acids is 1. The number of rotatable bonds is 4. The number of ether oxygens (including phenoxy) is 1. The monoisotopic (exact) mass is 293 g/mol. The number of methoxy groups -OCH3 is 1. The summed E-state index contributed by atoms with van der Waals surface area (Å²) in [6, 6.07) is 16.4. The van der Waals surface area contributed by atoms with Gasteiger partial charge in [-0.25, -0.2) is 4.68 Å². The van der Waals surface area contributed by atoms with E-state index in [1.54, 1.807) is 31.4 Å². The van der Waals surface area contributed by atoms with Crippen molar-refractivity contribution in [3.8, 4) is 22.7 Å². The van der Waals surface area contributed by atoms with Gasteiger partial charge in [-0.05, 0) is 24.3 Å².